The largest absolute Gasteiger partial charge is 0.310 e. The van der Waals surface area contributed by atoms with Crippen LogP contribution in [0.3, 0.4) is 0 Å². The van der Waals surface area contributed by atoms with Crippen molar-refractivity contribution in [2.24, 2.45) is 0 Å². The molecule has 1 nitrogen and oxygen atoms in total. The molecule has 1 rings (SSSR count). The number of nitrogens with one attached hydrogen (secondary N) is 1. The molecule has 0 fully saturated rings. The van der Waals surface area contributed by atoms with Gasteiger partial charge in [-0.1, -0.05) is 25.1 Å². The molecule has 0 saturated heterocycles. The van der Waals surface area contributed by atoms with E-state index in [4.69, 9.17) is 0 Å². The average Bonchev–Trinajstić information content (AvgIpc) is 2.19. The third-order valence-electron chi connectivity index (χ3n) is 2.13. The molecular weight excluding hydrogens is 177 g/mol. The average molecular weight is 193 g/mol. The second-order valence-electron chi connectivity index (χ2n) is 3.19. The van der Waals surface area contributed by atoms with Gasteiger partial charge in [0.2, 0.25) is 0 Å². The lowest BCUT2D eigenvalue weighted by atomic mass is 10.0. The molecule has 0 amide bonds. The van der Waals surface area contributed by atoms with Gasteiger partial charge in [0.15, 0.2) is 0 Å². The van der Waals surface area contributed by atoms with Gasteiger partial charge < -0.3 is 5.32 Å². The van der Waals surface area contributed by atoms with Crippen molar-refractivity contribution >= 4 is 0 Å². The van der Waals surface area contributed by atoms with Gasteiger partial charge in [-0.3, -0.25) is 0 Å². The van der Waals surface area contributed by atoms with Crippen molar-refractivity contribution in [2.75, 3.05) is 6.54 Å². The summed E-state index contributed by atoms with van der Waals surface area (Å²) in [5.41, 5.74) is 1.10. The van der Waals surface area contributed by atoms with Crippen molar-refractivity contribution in [1.29, 1.82) is 0 Å². The van der Waals surface area contributed by atoms with Gasteiger partial charge in [-0.25, -0.2) is 4.39 Å². The zero-order valence-corrected chi connectivity index (χ0v) is 8.46. The fourth-order valence-corrected chi connectivity index (χ4v) is 1.45. The van der Waals surface area contributed by atoms with Crippen molar-refractivity contribution < 1.29 is 4.39 Å². The molecule has 1 aromatic rings. The van der Waals surface area contributed by atoms with Crippen molar-refractivity contribution in [3.05, 3.63) is 48.3 Å². The van der Waals surface area contributed by atoms with Gasteiger partial charge in [-0.2, -0.15) is 0 Å². The highest BCUT2D eigenvalue weighted by Crippen LogP contribution is 2.17. The van der Waals surface area contributed by atoms with Crippen LogP contribution in [0.5, 0.6) is 0 Å². The SMILES string of the molecule is C=CCC(NCC)c1ccc(F)cc1. The van der Waals surface area contributed by atoms with E-state index >= 15 is 0 Å². The van der Waals surface area contributed by atoms with Crippen LogP contribution in [0.4, 0.5) is 4.39 Å². The predicted molar refractivity (Wildman–Crippen MR) is 57.6 cm³/mol. The van der Waals surface area contributed by atoms with E-state index in [1.165, 1.54) is 12.1 Å². The van der Waals surface area contributed by atoms with Crippen LogP contribution in [0.2, 0.25) is 0 Å². The molecule has 0 aliphatic rings. The number of hydrogen-bond acceptors (Lipinski definition) is 1. The highest BCUT2D eigenvalue weighted by molar-refractivity contribution is 5.20. The molecule has 0 bridgehead atoms. The van der Waals surface area contributed by atoms with Crippen LogP contribution in [0.25, 0.3) is 0 Å². The Morgan fingerprint density at radius 2 is 2.07 bits per heavy atom. The molecule has 1 atom stereocenters. The molecule has 0 aliphatic carbocycles. The Bertz CT molecular complexity index is 279. The maximum absolute atomic E-state index is 12.7. The van der Waals surface area contributed by atoms with E-state index in [1.807, 2.05) is 18.2 Å². The standard InChI is InChI=1S/C12H16FN/c1-3-5-12(14-4-2)10-6-8-11(13)9-7-10/h3,6-9,12,14H,1,4-5H2,2H3. The second kappa shape index (κ2) is 5.55. The quantitative estimate of drug-likeness (QED) is 0.709. The lowest BCUT2D eigenvalue weighted by molar-refractivity contribution is 0.556. The predicted octanol–water partition coefficient (Wildman–Crippen LogP) is 3.05. The number of rotatable bonds is 5. The highest BCUT2D eigenvalue weighted by atomic mass is 19.1. The van der Waals surface area contributed by atoms with Crippen LogP contribution in [0.1, 0.15) is 24.9 Å². The fourth-order valence-electron chi connectivity index (χ4n) is 1.45. The Morgan fingerprint density at radius 1 is 1.43 bits per heavy atom. The van der Waals surface area contributed by atoms with E-state index in [0.717, 1.165) is 18.5 Å². The molecule has 14 heavy (non-hydrogen) atoms. The molecule has 0 spiro atoms. The Morgan fingerprint density at radius 3 is 2.57 bits per heavy atom. The van der Waals surface area contributed by atoms with Crippen LogP contribution in [-0.2, 0) is 0 Å². The first-order chi connectivity index (χ1) is 6.77. The van der Waals surface area contributed by atoms with Crippen LogP contribution in [0.15, 0.2) is 36.9 Å². The van der Waals surface area contributed by atoms with E-state index in [2.05, 4.69) is 18.8 Å². The molecule has 0 aliphatic heterocycles. The summed E-state index contributed by atoms with van der Waals surface area (Å²) < 4.78 is 12.7. The van der Waals surface area contributed by atoms with Crippen LogP contribution >= 0.6 is 0 Å². The van der Waals surface area contributed by atoms with Crippen molar-refractivity contribution in [3.63, 3.8) is 0 Å². The topological polar surface area (TPSA) is 12.0 Å². The minimum Gasteiger partial charge on any atom is -0.310 e. The summed E-state index contributed by atoms with van der Waals surface area (Å²) in [5.74, 6) is -0.192. The van der Waals surface area contributed by atoms with Gasteiger partial charge in [0, 0.05) is 6.04 Å². The summed E-state index contributed by atoms with van der Waals surface area (Å²) in [6, 6.07) is 6.85. The van der Waals surface area contributed by atoms with Crippen LogP contribution < -0.4 is 5.32 Å². The monoisotopic (exact) mass is 193 g/mol. The first-order valence-electron chi connectivity index (χ1n) is 4.87. The summed E-state index contributed by atoms with van der Waals surface area (Å²) in [4.78, 5) is 0. The highest BCUT2D eigenvalue weighted by Gasteiger charge is 2.07. The van der Waals surface area contributed by atoms with E-state index in [9.17, 15) is 4.39 Å². The minimum absolute atomic E-state index is 0.192. The summed E-state index contributed by atoms with van der Waals surface area (Å²) in [5, 5.41) is 3.33. The zero-order chi connectivity index (χ0) is 10.4. The van der Waals surface area contributed by atoms with Crippen molar-refractivity contribution in [3.8, 4) is 0 Å². The summed E-state index contributed by atoms with van der Waals surface area (Å²) in [7, 11) is 0. The van der Waals surface area contributed by atoms with Crippen molar-refractivity contribution in [2.45, 2.75) is 19.4 Å². The summed E-state index contributed by atoms with van der Waals surface area (Å²) in [6.07, 6.45) is 2.73. The van der Waals surface area contributed by atoms with Gasteiger partial charge in [-0.05, 0) is 30.7 Å². The second-order valence-corrected chi connectivity index (χ2v) is 3.19. The molecule has 0 radical (unpaired) electrons. The summed E-state index contributed by atoms with van der Waals surface area (Å²) >= 11 is 0. The molecule has 0 aromatic heterocycles. The van der Waals surface area contributed by atoms with Crippen LogP contribution in [-0.4, -0.2) is 6.54 Å². The smallest absolute Gasteiger partial charge is 0.123 e. The zero-order valence-electron chi connectivity index (χ0n) is 8.46. The molecule has 0 heterocycles. The minimum atomic E-state index is -0.192. The third kappa shape index (κ3) is 2.96. The Labute approximate surface area is 84.6 Å². The molecular formula is C12H16FN. The van der Waals surface area contributed by atoms with Crippen molar-refractivity contribution in [1.82, 2.24) is 5.32 Å². The lowest BCUT2D eigenvalue weighted by Crippen LogP contribution is -2.20. The van der Waals surface area contributed by atoms with Crippen LogP contribution in [0, 0.1) is 5.82 Å². The molecule has 0 saturated carbocycles. The van der Waals surface area contributed by atoms with Gasteiger partial charge in [0.1, 0.15) is 5.82 Å². The van der Waals surface area contributed by atoms with E-state index in [-0.39, 0.29) is 11.9 Å². The Kier molecular flexibility index (Phi) is 4.33. The number of hydrogen-bond donors (Lipinski definition) is 1. The Hall–Kier alpha value is -1.15. The van der Waals surface area contributed by atoms with E-state index in [0.29, 0.717) is 0 Å². The molecule has 1 unspecified atom stereocenters. The third-order valence-corrected chi connectivity index (χ3v) is 2.13. The number of halogens is 1. The molecule has 1 N–H and O–H groups in total. The molecule has 2 heteroatoms. The van der Waals surface area contributed by atoms with Gasteiger partial charge in [0.25, 0.3) is 0 Å². The first kappa shape index (κ1) is 10.9. The van der Waals surface area contributed by atoms with Gasteiger partial charge in [-0.15, -0.1) is 6.58 Å². The van der Waals surface area contributed by atoms with E-state index in [1.54, 1.807) is 0 Å². The maximum Gasteiger partial charge on any atom is 0.123 e. The normalized spacial score (nSPS) is 12.4. The fraction of sp³-hybridized carbons (Fsp3) is 0.333. The van der Waals surface area contributed by atoms with Gasteiger partial charge in [0.05, 0.1) is 0 Å². The van der Waals surface area contributed by atoms with Gasteiger partial charge >= 0.3 is 0 Å². The lowest BCUT2D eigenvalue weighted by Gasteiger charge is -2.16. The summed E-state index contributed by atoms with van der Waals surface area (Å²) in [6.45, 7) is 6.67. The first-order valence-corrected chi connectivity index (χ1v) is 4.87. The Balaban J connectivity index is 2.76. The maximum atomic E-state index is 12.7. The molecule has 1 aromatic carbocycles. The number of benzene rings is 1. The van der Waals surface area contributed by atoms with E-state index < -0.39 is 0 Å². The molecule has 76 valence electrons.